The number of nitrogens with two attached hydrogens (primary N) is 1. The fourth-order valence-electron chi connectivity index (χ4n) is 3.54. The third kappa shape index (κ3) is 2.65. The second-order valence-electron chi connectivity index (χ2n) is 5.85. The molecule has 1 unspecified atom stereocenters. The van der Waals surface area contributed by atoms with Gasteiger partial charge in [0.15, 0.2) is 0 Å². The van der Waals surface area contributed by atoms with Crippen LogP contribution >= 0.6 is 0 Å². The molecule has 0 aromatic heterocycles. The van der Waals surface area contributed by atoms with Gasteiger partial charge in [0.05, 0.1) is 0 Å². The Labute approximate surface area is 105 Å². The zero-order chi connectivity index (χ0) is 12.4. The SMILES string of the molecule is CCC(CC)C(=O)N1C[C@H]2CCC(N)C[C@H]2C1. The average Bonchev–Trinajstić information content (AvgIpc) is 2.73. The minimum atomic E-state index is 0.240. The van der Waals surface area contributed by atoms with Crippen molar-refractivity contribution in [2.75, 3.05) is 13.1 Å². The van der Waals surface area contributed by atoms with Gasteiger partial charge < -0.3 is 10.6 Å². The van der Waals surface area contributed by atoms with Crippen LogP contribution in [0.15, 0.2) is 0 Å². The lowest BCUT2D eigenvalue weighted by Crippen LogP contribution is -2.34. The molecule has 2 fully saturated rings. The van der Waals surface area contributed by atoms with E-state index in [1.54, 1.807) is 0 Å². The van der Waals surface area contributed by atoms with Crippen molar-refractivity contribution in [3.8, 4) is 0 Å². The maximum atomic E-state index is 12.3. The molecule has 0 radical (unpaired) electrons. The Morgan fingerprint density at radius 3 is 2.53 bits per heavy atom. The van der Waals surface area contributed by atoms with Gasteiger partial charge >= 0.3 is 0 Å². The van der Waals surface area contributed by atoms with Gasteiger partial charge in [0.2, 0.25) is 5.91 Å². The highest BCUT2D eigenvalue weighted by Crippen LogP contribution is 2.36. The molecule has 0 aromatic rings. The Balaban J connectivity index is 1.94. The number of amides is 1. The van der Waals surface area contributed by atoms with Crippen LogP contribution in [0.2, 0.25) is 0 Å². The smallest absolute Gasteiger partial charge is 0.225 e. The lowest BCUT2D eigenvalue weighted by Gasteiger charge is -2.27. The van der Waals surface area contributed by atoms with Crippen molar-refractivity contribution in [1.29, 1.82) is 0 Å². The molecule has 1 heterocycles. The summed E-state index contributed by atoms with van der Waals surface area (Å²) >= 11 is 0. The molecular weight excluding hydrogens is 212 g/mol. The summed E-state index contributed by atoms with van der Waals surface area (Å²) in [6, 6.07) is 0.374. The number of likely N-dealkylation sites (tertiary alicyclic amines) is 1. The van der Waals surface area contributed by atoms with Gasteiger partial charge in [-0.2, -0.15) is 0 Å². The second kappa shape index (κ2) is 5.38. The van der Waals surface area contributed by atoms with Crippen molar-refractivity contribution in [2.45, 2.75) is 52.0 Å². The number of fused-ring (bicyclic) bond motifs is 1. The van der Waals surface area contributed by atoms with Gasteiger partial charge in [-0.3, -0.25) is 4.79 Å². The molecule has 0 aromatic carbocycles. The maximum Gasteiger partial charge on any atom is 0.225 e. The predicted molar refractivity (Wildman–Crippen MR) is 69.5 cm³/mol. The summed E-state index contributed by atoms with van der Waals surface area (Å²) in [5.74, 6) is 2.03. The van der Waals surface area contributed by atoms with E-state index in [0.717, 1.165) is 44.7 Å². The van der Waals surface area contributed by atoms with Crippen molar-refractivity contribution >= 4 is 5.91 Å². The predicted octanol–water partition coefficient (Wildman–Crippen LogP) is 2.01. The van der Waals surface area contributed by atoms with Crippen LogP contribution in [0.25, 0.3) is 0 Å². The molecule has 1 aliphatic heterocycles. The molecule has 3 heteroatoms. The minimum Gasteiger partial charge on any atom is -0.342 e. The van der Waals surface area contributed by atoms with Crippen LogP contribution in [0.4, 0.5) is 0 Å². The van der Waals surface area contributed by atoms with Gasteiger partial charge in [-0.25, -0.2) is 0 Å². The van der Waals surface area contributed by atoms with Crippen LogP contribution in [-0.2, 0) is 4.79 Å². The van der Waals surface area contributed by atoms with Crippen molar-refractivity contribution in [1.82, 2.24) is 4.90 Å². The van der Waals surface area contributed by atoms with Gasteiger partial charge in [-0.05, 0) is 43.9 Å². The molecule has 0 spiro atoms. The summed E-state index contributed by atoms with van der Waals surface area (Å²) in [7, 11) is 0. The average molecular weight is 238 g/mol. The summed E-state index contributed by atoms with van der Waals surface area (Å²) in [5.41, 5.74) is 6.02. The normalized spacial score (nSPS) is 32.9. The summed E-state index contributed by atoms with van der Waals surface area (Å²) < 4.78 is 0. The van der Waals surface area contributed by atoms with E-state index in [4.69, 9.17) is 5.73 Å². The second-order valence-corrected chi connectivity index (χ2v) is 5.85. The first-order valence-corrected chi connectivity index (χ1v) is 7.20. The van der Waals surface area contributed by atoms with Crippen LogP contribution in [0, 0.1) is 17.8 Å². The number of carbonyl (C=O) groups excluding carboxylic acids is 1. The largest absolute Gasteiger partial charge is 0.342 e. The van der Waals surface area contributed by atoms with Crippen LogP contribution in [0.1, 0.15) is 46.0 Å². The first-order valence-electron chi connectivity index (χ1n) is 7.20. The lowest BCUT2D eigenvalue weighted by molar-refractivity contribution is -0.134. The molecule has 1 aliphatic carbocycles. The Morgan fingerprint density at radius 1 is 1.24 bits per heavy atom. The van der Waals surface area contributed by atoms with E-state index in [9.17, 15) is 4.79 Å². The number of hydrogen-bond acceptors (Lipinski definition) is 2. The first-order chi connectivity index (χ1) is 8.15. The summed E-state index contributed by atoms with van der Waals surface area (Å²) in [6.45, 7) is 6.19. The van der Waals surface area contributed by atoms with Crippen LogP contribution in [0.5, 0.6) is 0 Å². The van der Waals surface area contributed by atoms with Gasteiger partial charge in [-0.15, -0.1) is 0 Å². The van der Waals surface area contributed by atoms with Crippen molar-refractivity contribution in [3.63, 3.8) is 0 Å². The fraction of sp³-hybridized carbons (Fsp3) is 0.929. The molecular formula is C14H26N2O. The highest BCUT2D eigenvalue weighted by Gasteiger charge is 2.39. The zero-order valence-electron chi connectivity index (χ0n) is 11.2. The van der Waals surface area contributed by atoms with E-state index >= 15 is 0 Å². The maximum absolute atomic E-state index is 12.3. The molecule has 2 aliphatic rings. The lowest BCUT2D eigenvalue weighted by atomic mass is 9.79. The number of hydrogen-bond donors (Lipinski definition) is 1. The molecule has 2 N–H and O–H groups in total. The minimum absolute atomic E-state index is 0.240. The molecule has 3 nitrogen and oxygen atoms in total. The third-order valence-corrected chi connectivity index (χ3v) is 4.74. The quantitative estimate of drug-likeness (QED) is 0.817. The number of nitrogens with zero attached hydrogens (tertiary/aromatic N) is 1. The van der Waals surface area contributed by atoms with Crippen LogP contribution < -0.4 is 5.73 Å². The Bertz CT molecular complexity index is 275. The number of carbonyl (C=O) groups is 1. The van der Waals surface area contributed by atoms with Gasteiger partial charge in [-0.1, -0.05) is 13.8 Å². The molecule has 1 saturated heterocycles. The van der Waals surface area contributed by atoms with E-state index < -0.39 is 0 Å². The third-order valence-electron chi connectivity index (χ3n) is 4.74. The first kappa shape index (κ1) is 12.9. The fourth-order valence-corrected chi connectivity index (χ4v) is 3.54. The highest BCUT2D eigenvalue weighted by molar-refractivity contribution is 5.79. The summed E-state index contributed by atoms with van der Waals surface area (Å²) in [4.78, 5) is 14.4. The Morgan fingerprint density at radius 2 is 1.88 bits per heavy atom. The topological polar surface area (TPSA) is 46.3 Å². The van der Waals surface area contributed by atoms with E-state index in [-0.39, 0.29) is 5.92 Å². The van der Waals surface area contributed by atoms with Crippen LogP contribution in [0.3, 0.4) is 0 Å². The van der Waals surface area contributed by atoms with Gasteiger partial charge in [0.25, 0.3) is 0 Å². The van der Waals surface area contributed by atoms with Crippen molar-refractivity contribution in [2.24, 2.45) is 23.5 Å². The molecule has 2 rings (SSSR count). The molecule has 1 amide bonds. The highest BCUT2D eigenvalue weighted by atomic mass is 16.2. The van der Waals surface area contributed by atoms with E-state index in [0.29, 0.717) is 17.9 Å². The molecule has 17 heavy (non-hydrogen) atoms. The zero-order valence-corrected chi connectivity index (χ0v) is 11.2. The van der Waals surface area contributed by atoms with Crippen molar-refractivity contribution < 1.29 is 4.79 Å². The van der Waals surface area contributed by atoms with E-state index in [1.807, 2.05) is 0 Å². The number of rotatable bonds is 3. The van der Waals surface area contributed by atoms with E-state index in [1.165, 1.54) is 6.42 Å². The molecule has 1 saturated carbocycles. The van der Waals surface area contributed by atoms with Crippen molar-refractivity contribution in [3.05, 3.63) is 0 Å². The molecule has 98 valence electrons. The van der Waals surface area contributed by atoms with Gasteiger partial charge in [0.1, 0.15) is 0 Å². The molecule has 3 atom stereocenters. The summed E-state index contributed by atoms with van der Waals surface area (Å²) in [5, 5.41) is 0. The standard InChI is InChI=1S/C14H26N2O/c1-3-10(4-2)14(17)16-8-11-5-6-13(15)7-12(11)9-16/h10-13H,3-9,15H2,1-2H3/t11-,12+,13?/m1/s1. The van der Waals surface area contributed by atoms with E-state index in [2.05, 4.69) is 18.7 Å². The van der Waals surface area contributed by atoms with Gasteiger partial charge in [0, 0.05) is 25.0 Å². The summed E-state index contributed by atoms with van der Waals surface area (Å²) in [6.07, 6.45) is 5.44. The van der Waals surface area contributed by atoms with Crippen LogP contribution in [-0.4, -0.2) is 29.9 Å². The Kier molecular flexibility index (Phi) is 4.08. The monoisotopic (exact) mass is 238 g/mol. The molecule has 0 bridgehead atoms. The Hall–Kier alpha value is -0.570.